The minimum absolute atomic E-state index is 0.0878. The van der Waals surface area contributed by atoms with Gasteiger partial charge in [0, 0.05) is 11.0 Å². The third-order valence-electron chi connectivity index (χ3n) is 3.62. The standard InChI is InChI=1S/C13H15BrFNO4S/c1-8-3-2-6-16(12(8)13(17)18)21(19,20)11-5-4-9(15)7-10(11)14/h4-5,7-8,12H,2-3,6H2,1H3,(H,17,18). The van der Waals surface area contributed by atoms with Gasteiger partial charge in [-0.25, -0.2) is 12.8 Å². The summed E-state index contributed by atoms with van der Waals surface area (Å²) in [5.74, 6) is -2.00. The summed E-state index contributed by atoms with van der Waals surface area (Å²) >= 11 is 3.03. The summed E-state index contributed by atoms with van der Waals surface area (Å²) in [5, 5.41) is 9.32. The number of sulfonamides is 1. The monoisotopic (exact) mass is 379 g/mol. The molecule has 0 aromatic heterocycles. The molecule has 1 aromatic rings. The summed E-state index contributed by atoms with van der Waals surface area (Å²) in [7, 11) is -4.00. The Kier molecular flexibility index (Phi) is 4.69. The van der Waals surface area contributed by atoms with Gasteiger partial charge >= 0.3 is 5.97 Å². The van der Waals surface area contributed by atoms with E-state index >= 15 is 0 Å². The fourth-order valence-corrected chi connectivity index (χ4v) is 5.33. The van der Waals surface area contributed by atoms with E-state index in [0.29, 0.717) is 12.8 Å². The zero-order valence-electron chi connectivity index (χ0n) is 11.3. The molecule has 1 aromatic carbocycles. The van der Waals surface area contributed by atoms with Crippen LogP contribution in [0.1, 0.15) is 19.8 Å². The average molecular weight is 380 g/mol. The van der Waals surface area contributed by atoms with Gasteiger partial charge in [-0.3, -0.25) is 4.79 Å². The highest BCUT2D eigenvalue weighted by Crippen LogP contribution is 2.32. The molecule has 1 aliphatic heterocycles. The largest absolute Gasteiger partial charge is 0.480 e. The minimum Gasteiger partial charge on any atom is -0.480 e. The molecule has 2 rings (SSSR count). The summed E-state index contributed by atoms with van der Waals surface area (Å²) in [5.41, 5.74) is 0. The van der Waals surface area contributed by atoms with Gasteiger partial charge in [0.25, 0.3) is 0 Å². The van der Waals surface area contributed by atoms with E-state index in [1.807, 2.05) is 0 Å². The van der Waals surface area contributed by atoms with E-state index in [-0.39, 0.29) is 21.8 Å². The molecule has 1 N–H and O–H groups in total. The molecule has 2 unspecified atom stereocenters. The van der Waals surface area contributed by atoms with Gasteiger partial charge in [-0.2, -0.15) is 4.31 Å². The van der Waals surface area contributed by atoms with Gasteiger partial charge in [0.15, 0.2) is 0 Å². The Morgan fingerprint density at radius 2 is 2.14 bits per heavy atom. The second-order valence-corrected chi connectivity index (χ2v) is 7.81. The first-order valence-corrected chi connectivity index (χ1v) is 8.68. The topological polar surface area (TPSA) is 74.7 Å². The summed E-state index contributed by atoms with van der Waals surface area (Å²) < 4.78 is 39.6. The number of carboxylic acids is 1. The molecule has 0 radical (unpaired) electrons. The van der Waals surface area contributed by atoms with E-state index in [4.69, 9.17) is 0 Å². The van der Waals surface area contributed by atoms with Crippen LogP contribution in [0.4, 0.5) is 4.39 Å². The van der Waals surface area contributed by atoms with Crippen LogP contribution in [0.5, 0.6) is 0 Å². The van der Waals surface area contributed by atoms with Crippen LogP contribution in [0, 0.1) is 11.7 Å². The van der Waals surface area contributed by atoms with E-state index in [1.54, 1.807) is 6.92 Å². The van der Waals surface area contributed by atoms with Crippen LogP contribution < -0.4 is 0 Å². The van der Waals surface area contributed by atoms with Gasteiger partial charge in [-0.15, -0.1) is 0 Å². The van der Waals surface area contributed by atoms with Gasteiger partial charge < -0.3 is 5.11 Å². The van der Waals surface area contributed by atoms with E-state index in [9.17, 15) is 22.7 Å². The number of nitrogens with zero attached hydrogens (tertiary/aromatic N) is 1. The SMILES string of the molecule is CC1CCCN(S(=O)(=O)c2ccc(F)cc2Br)C1C(=O)O. The molecule has 0 saturated carbocycles. The summed E-state index contributed by atoms with van der Waals surface area (Å²) in [6, 6.07) is 2.14. The van der Waals surface area contributed by atoms with Crippen molar-refractivity contribution in [2.45, 2.75) is 30.7 Å². The Labute approximate surface area is 130 Å². The second kappa shape index (κ2) is 6.02. The van der Waals surface area contributed by atoms with Crippen molar-refractivity contribution in [3.05, 3.63) is 28.5 Å². The maximum atomic E-state index is 13.1. The fourth-order valence-electron chi connectivity index (χ4n) is 2.60. The lowest BCUT2D eigenvalue weighted by Gasteiger charge is -2.36. The van der Waals surface area contributed by atoms with E-state index in [0.717, 1.165) is 22.5 Å². The molecule has 8 heteroatoms. The molecular weight excluding hydrogens is 365 g/mol. The number of carbonyl (C=O) groups is 1. The highest BCUT2D eigenvalue weighted by molar-refractivity contribution is 9.10. The van der Waals surface area contributed by atoms with Crippen molar-refractivity contribution in [1.82, 2.24) is 4.31 Å². The number of hydrogen-bond donors (Lipinski definition) is 1. The lowest BCUT2D eigenvalue weighted by atomic mass is 9.93. The van der Waals surface area contributed by atoms with E-state index in [2.05, 4.69) is 15.9 Å². The zero-order valence-corrected chi connectivity index (χ0v) is 13.7. The number of carboxylic acid groups (broad SMARTS) is 1. The zero-order chi connectivity index (χ0) is 15.8. The molecule has 1 aliphatic rings. The van der Waals surface area contributed by atoms with Crippen LogP contribution in [-0.2, 0) is 14.8 Å². The van der Waals surface area contributed by atoms with Crippen LogP contribution in [0.25, 0.3) is 0 Å². The number of aliphatic carboxylic acids is 1. The number of piperidine rings is 1. The Morgan fingerprint density at radius 1 is 1.48 bits per heavy atom. The Hall–Kier alpha value is -0.990. The number of hydrogen-bond acceptors (Lipinski definition) is 3. The summed E-state index contributed by atoms with van der Waals surface area (Å²) in [4.78, 5) is 11.3. The number of rotatable bonds is 3. The maximum Gasteiger partial charge on any atom is 0.322 e. The predicted octanol–water partition coefficient (Wildman–Crippen LogP) is 2.46. The van der Waals surface area contributed by atoms with Crippen LogP contribution in [0.3, 0.4) is 0 Å². The molecule has 2 atom stereocenters. The highest BCUT2D eigenvalue weighted by atomic mass is 79.9. The van der Waals surface area contributed by atoms with Gasteiger partial charge in [-0.1, -0.05) is 6.92 Å². The van der Waals surface area contributed by atoms with Crippen molar-refractivity contribution >= 4 is 31.9 Å². The first-order chi connectivity index (χ1) is 9.75. The first kappa shape index (κ1) is 16.4. The molecule has 0 bridgehead atoms. The van der Waals surface area contributed by atoms with Gasteiger partial charge in [0.05, 0.1) is 4.90 Å². The summed E-state index contributed by atoms with van der Waals surface area (Å²) in [6.45, 7) is 1.87. The average Bonchev–Trinajstić information content (AvgIpc) is 2.37. The number of benzene rings is 1. The van der Waals surface area contributed by atoms with E-state index < -0.39 is 27.9 Å². The van der Waals surface area contributed by atoms with Crippen molar-refractivity contribution in [2.24, 2.45) is 5.92 Å². The van der Waals surface area contributed by atoms with Crippen LogP contribution >= 0.6 is 15.9 Å². The molecule has 5 nitrogen and oxygen atoms in total. The van der Waals surface area contributed by atoms with E-state index in [1.165, 1.54) is 0 Å². The first-order valence-electron chi connectivity index (χ1n) is 6.45. The van der Waals surface area contributed by atoms with Crippen LogP contribution in [0.2, 0.25) is 0 Å². The fraction of sp³-hybridized carbons (Fsp3) is 0.462. The van der Waals surface area contributed by atoms with Crippen molar-refractivity contribution in [3.63, 3.8) is 0 Å². The summed E-state index contributed by atoms with van der Waals surface area (Å²) in [6.07, 6.45) is 1.26. The van der Waals surface area contributed by atoms with Crippen molar-refractivity contribution < 1.29 is 22.7 Å². The molecule has 116 valence electrons. The molecule has 0 spiro atoms. The Balaban J connectivity index is 2.48. The maximum absolute atomic E-state index is 13.1. The lowest BCUT2D eigenvalue weighted by Crippen LogP contribution is -2.51. The smallest absolute Gasteiger partial charge is 0.322 e. The molecule has 1 saturated heterocycles. The van der Waals surface area contributed by atoms with Crippen LogP contribution in [0.15, 0.2) is 27.6 Å². The second-order valence-electron chi connectivity index (χ2n) is 5.09. The van der Waals surface area contributed by atoms with Gasteiger partial charge in [0.1, 0.15) is 11.9 Å². The Morgan fingerprint density at radius 3 is 2.71 bits per heavy atom. The molecule has 1 fully saturated rings. The molecule has 1 heterocycles. The predicted molar refractivity (Wildman–Crippen MR) is 77.8 cm³/mol. The van der Waals surface area contributed by atoms with Crippen LogP contribution in [-0.4, -0.2) is 36.4 Å². The molecular formula is C13H15BrFNO4S. The quantitative estimate of drug-likeness (QED) is 0.874. The van der Waals surface area contributed by atoms with Crippen molar-refractivity contribution in [1.29, 1.82) is 0 Å². The van der Waals surface area contributed by atoms with Gasteiger partial charge in [0.2, 0.25) is 10.0 Å². The van der Waals surface area contributed by atoms with Crippen molar-refractivity contribution in [3.8, 4) is 0 Å². The molecule has 0 amide bonds. The molecule has 0 aliphatic carbocycles. The van der Waals surface area contributed by atoms with Crippen molar-refractivity contribution in [2.75, 3.05) is 6.54 Å². The highest BCUT2D eigenvalue weighted by Gasteiger charge is 2.42. The third-order valence-corrected chi connectivity index (χ3v) is 6.48. The Bertz CT molecular complexity index is 664. The normalized spacial score (nSPS) is 24.0. The third kappa shape index (κ3) is 3.12. The van der Waals surface area contributed by atoms with Gasteiger partial charge in [-0.05, 0) is 52.9 Å². The minimum atomic E-state index is -4.00. The number of halogens is 2. The lowest BCUT2D eigenvalue weighted by molar-refractivity contribution is -0.144. The molecule has 21 heavy (non-hydrogen) atoms.